The molecular weight excluding hydrogens is 220 g/mol. The highest BCUT2D eigenvalue weighted by atomic mass is 32.1. The molecule has 0 saturated carbocycles. The predicted molar refractivity (Wildman–Crippen MR) is 63.7 cm³/mol. The third-order valence-electron chi connectivity index (χ3n) is 2.61. The van der Waals surface area contributed by atoms with Gasteiger partial charge in [0.05, 0.1) is 10.8 Å². The molecule has 0 radical (unpaired) electrons. The van der Waals surface area contributed by atoms with Gasteiger partial charge in [0.25, 0.3) is 0 Å². The largest absolute Gasteiger partial charge is 0.544 e. The van der Waals surface area contributed by atoms with E-state index in [1.54, 1.807) is 6.07 Å². The molecule has 3 aromatic rings. The van der Waals surface area contributed by atoms with Crippen LogP contribution in [0.1, 0.15) is 9.67 Å². The minimum atomic E-state index is -1.11. The number of fused-ring (bicyclic) bond motifs is 3. The van der Waals surface area contributed by atoms with Crippen LogP contribution in [0.4, 0.5) is 0 Å². The summed E-state index contributed by atoms with van der Waals surface area (Å²) in [6, 6.07) is 13.6. The standard InChI is InChI=1S/C13H8O2S/c14-13(15)11-7-9-6-5-8-3-1-2-4-10(8)12(9)16-11/h1-7H,(H,14,15)/p-1. The van der Waals surface area contributed by atoms with Gasteiger partial charge in [-0.2, -0.15) is 0 Å². The second-order valence-electron chi connectivity index (χ2n) is 3.60. The van der Waals surface area contributed by atoms with Gasteiger partial charge in [-0.3, -0.25) is 0 Å². The first-order chi connectivity index (χ1) is 7.75. The van der Waals surface area contributed by atoms with Crippen molar-refractivity contribution in [3.05, 3.63) is 47.3 Å². The molecule has 1 heterocycles. The molecule has 0 aliphatic carbocycles. The van der Waals surface area contributed by atoms with Crippen LogP contribution in [0.2, 0.25) is 0 Å². The minimum absolute atomic E-state index is 0.284. The molecule has 1 aromatic heterocycles. The van der Waals surface area contributed by atoms with Crippen LogP contribution in [0.25, 0.3) is 20.9 Å². The Morgan fingerprint density at radius 3 is 2.62 bits per heavy atom. The Hall–Kier alpha value is -1.87. The Kier molecular flexibility index (Phi) is 1.94. The van der Waals surface area contributed by atoms with Gasteiger partial charge in [0.1, 0.15) is 0 Å². The van der Waals surface area contributed by atoms with Crippen LogP contribution in [-0.4, -0.2) is 5.97 Å². The molecule has 16 heavy (non-hydrogen) atoms. The first-order valence-electron chi connectivity index (χ1n) is 4.88. The maximum Gasteiger partial charge on any atom is 0.0815 e. The number of hydrogen-bond donors (Lipinski definition) is 0. The van der Waals surface area contributed by atoms with Crippen molar-refractivity contribution in [1.29, 1.82) is 0 Å². The fraction of sp³-hybridized carbons (Fsp3) is 0. The zero-order valence-corrected chi connectivity index (χ0v) is 9.08. The summed E-state index contributed by atoms with van der Waals surface area (Å²) in [5.41, 5.74) is 0. The molecule has 0 fully saturated rings. The van der Waals surface area contributed by atoms with E-state index in [0.29, 0.717) is 0 Å². The summed E-state index contributed by atoms with van der Waals surface area (Å²) in [4.78, 5) is 11.1. The monoisotopic (exact) mass is 227 g/mol. The van der Waals surface area contributed by atoms with Gasteiger partial charge in [-0.05, 0) is 22.2 Å². The van der Waals surface area contributed by atoms with E-state index in [1.165, 1.54) is 11.3 Å². The van der Waals surface area contributed by atoms with Crippen molar-refractivity contribution in [2.75, 3.05) is 0 Å². The van der Waals surface area contributed by atoms with Gasteiger partial charge < -0.3 is 9.90 Å². The molecule has 0 amide bonds. The molecule has 78 valence electrons. The molecule has 0 unspecified atom stereocenters. The molecule has 0 aliphatic heterocycles. The molecule has 0 bridgehead atoms. The van der Waals surface area contributed by atoms with Crippen molar-refractivity contribution in [2.45, 2.75) is 0 Å². The van der Waals surface area contributed by atoms with Gasteiger partial charge in [0.2, 0.25) is 0 Å². The Morgan fingerprint density at radius 1 is 1.06 bits per heavy atom. The molecule has 3 heteroatoms. The predicted octanol–water partition coefficient (Wildman–Crippen LogP) is 2.42. The van der Waals surface area contributed by atoms with Gasteiger partial charge in [0, 0.05) is 4.70 Å². The normalized spacial score (nSPS) is 11.0. The SMILES string of the molecule is O=C([O-])c1cc2ccc3ccccc3c2s1. The fourth-order valence-electron chi connectivity index (χ4n) is 1.87. The summed E-state index contributed by atoms with van der Waals surface area (Å²) < 4.78 is 1.01. The summed E-state index contributed by atoms with van der Waals surface area (Å²) in [6.07, 6.45) is 0. The van der Waals surface area contributed by atoms with Crippen molar-refractivity contribution in [3.8, 4) is 0 Å². The summed E-state index contributed by atoms with van der Waals surface area (Å²) >= 11 is 1.27. The molecule has 0 spiro atoms. The number of carboxylic acids is 1. The van der Waals surface area contributed by atoms with Crippen molar-refractivity contribution < 1.29 is 9.90 Å². The smallest absolute Gasteiger partial charge is 0.0815 e. The van der Waals surface area contributed by atoms with E-state index in [4.69, 9.17) is 0 Å². The van der Waals surface area contributed by atoms with Crippen molar-refractivity contribution in [2.24, 2.45) is 0 Å². The molecule has 2 aromatic carbocycles. The van der Waals surface area contributed by atoms with E-state index >= 15 is 0 Å². The highest BCUT2D eigenvalue weighted by Gasteiger charge is 2.05. The molecule has 3 rings (SSSR count). The quantitative estimate of drug-likeness (QED) is 0.640. The number of aromatic carboxylic acids is 1. The molecular formula is C13H7O2S-. The molecule has 0 N–H and O–H groups in total. The lowest BCUT2D eigenvalue weighted by Crippen LogP contribution is -2.20. The summed E-state index contributed by atoms with van der Waals surface area (Å²) in [5.74, 6) is -1.11. The van der Waals surface area contributed by atoms with Crippen LogP contribution in [-0.2, 0) is 0 Å². The number of rotatable bonds is 1. The minimum Gasteiger partial charge on any atom is -0.544 e. The van der Waals surface area contributed by atoms with Crippen LogP contribution in [0.15, 0.2) is 42.5 Å². The van der Waals surface area contributed by atoms with Crippen molar-refractivity contribution >= 4 is 38.2 Å². The van der Waals surface area contributed by atoms with E-state index < -0.39 is 5.97 Å². The zero-order valence-electron chi connectivity index (χ0n) is 8.27. The highest BCUT2D eigenvalue weighted by molar-refractivity contribution is 7.21. The number of thiophene rings is 1. The average molecular weight is 227 g/mol. The van der Waals surface area contributed by atoms with Gasteiger partial charge in [0.15, 0.2) is 0 Å². The maximum absolute atomic E-state index is 10.8. The number of carbonyl (C=O) groups excluding carboxylic acids is 1. The number of carbonyl (C=O) groups is 1. The maximum atomic E-state index is 10.8. The number of carboxylic acid groups (broad SMARTS) is 1. The third kappa shape index (κ3) is 1.29. The molecule has 0 saturated heterocycles. The fourth-order valence-corrected chi connectivity index (χ4v) is 2.90. The highest BCUT2D eigenvalue weighted by Crippen LogP contribution is 2.32. The van der Waals surface area contributed by atoms with Gasteiger partial charge in [-0.1, -0.05) is 36.4 Å². The number of hydrogen-bond acceptors (Lipinski definition) is 3. The zero-order chi connectivity index (χ0) is 11.1. The van der Waals surface area contributed by atoms with E-state index in [2.05, 4.69) is 0 Å². The number of benzene rings is 2. The van der Waals surface area contributed by atoms with Crippen LogP contribution in [0.3, 0.4) is 0 Å². The van der Waals surface area contributed by atoms with Crippen molar-refractivity contribution in [3.63, 3.8) is 0 Å². The van der Waals surface area contributed by atoms with Crippen LogP contribution >= 0.6 is 11.3 Å². The van der Waals surface area contributed by atoms with Crippen LogP contribution < -0.4 is 5.11 Å². The molecule has 2 nitrogen and oxygen atoms in total. The molecule has 0 atom stereocenters. The summed E-state index contributed by atoms with van der Waals surface area (Å²) in [7, 11) is 0. The first-order valence-corrected chi connectivity index (χ1v) is 5.70. The van der Waals surface area contributed by atoms with Crippen molar-refractivity contribution in [1.82, 2.24) is 0 Å². The Labute approximate surface area is 95.8 Å². The Morgan fingerprint density at radius 2 is 1.81 bits per heavy atom. The lowest BCUT2D eigenvalue weighted by Gasteiger charge is -1.97. The van der Waals surface area contributed by atoms with E-state index in [9.17, 15) is 9.90 Å². The molecule has 0 aliphatic rings. The van der Waals surface area contributed by atoms with Gasteiger partial charge in [-0.25, -0.2) is 0 Å². The van der Waals surface area contributed by atoms with E-state index in [-0.39, 0.29) is 4.88 Å². The van der Waals surface area contributed by atoms with E-state index in [1.807, 2.05) is 36.4 Å². The first kappa shape index (κ1) is 9.36. The van der Waals surface area contributed by atoms with E-state index in [0.717, 1.165) is 20.9 Å². The average Bonchev–Trinajstić information content (AvgIpc) is 2.73. The van der Waals surface area contributed by atoms with Crippen LogP contribution in [0.5, 0.6) is 0 Å². The second kappa shape index (κ2) is 3.32. The lowest BCUT2D eigenvalue weighted by molar-refractivity contribution is -0.254. The lowest BCUT2D eigenvalue weighted by atomic mass is 10.1. The second-order valence-corrected chi connectivity index (χ2v) is 4.66. The topological polar surface area (TPSA) is 40.1 Å². The van der Waals surface area contributed by atoms with Crippen LogP contribution in [0, 0.1) is 0 Å². The summed E-state index contributed by atoms with van der Waals surface area (Å²) in [5, 5.41) is 14.0. The Bertz CT molecular complexity index is 697. The Balaban J connectivity index is 2.46. The van der Waals surface area contributed by atoms with Gasteiger partial charge >= 0.3 is 0 Å². The van der Waals surface area contributed by atoms with Gasteiger partial charge in [-0.15, -0.1) is 11.3 Å². The summed E-state index contributed by atoms with van der Waals surface area (Å²) in [6.45, 7) is 0. The third-order valence-corrected chi connectivity index (χ3v) is 3.77.